The molecule has 1 aromatic heterocycles. The number of benzene rings is 3. The first-order chi connectivity index (χ1) is 17.7. The van der Waals surface area contributed by atoms with Crippen LogP contribution in [-0.4, -0.2) is 28.5 Å². The molecule has 0 aliphatic heterocycles. The highest BCUT2D eigenvalue weighted by Gasteiger charge is 2.24. The first kappa shape index (κ1) is 27.4. The van der Waals surface area contributed by atoms with Gasteiger partial charge in [-0.3, -0.25) is 9.59 Å². The third-order valence-electron chi connectivity index (χ3n) is 6.17. The average Bonchev–Trinajstić information content (AvgIpc) is 2.87. The van der Waals surface area contributed by atoms with Gasteiger partial charge in [0.2, 0.25) is 0 Å². The van der Waals surface area contributed by atoms with Crippen LogP contribution >= 0.6 is 50.7 Å². The minimum absolute atomic E-state index is 0.115. The average molecular weight is 621 g/mol. The zero-order valence-electron chi connectivity index (χ0n) is 19.7. The number of pyridine rings is 1. The van der Waals surface area contributed by atoms with E-state index < -0.39 is 11.9 Å². The summed E-state index contributed by atoms with van der Waals surface area (Å²) >= 11 is 22.6. The van der Waals surface area contributed by atoms with Crippen molar-refractivity contribution in [1.82, 2.24) is 10.3 Å². The number of rotatable bonds is 8. The number of hydrogen-bond donors (Lipinski definition) is 2. The van der Waals surface area contributed by atoms with Crippen LogP contribution in [0.15, 0.2) is 65.1 Å². The van der Waals surface area contributed by atoms with E-state index in [1.165, 1.54) is 0 Å². The number of hydrogen-bond acceptors (Lipinski definition) is 3. The standard InChI is InChI=1S/C28H22BrCl3N2O3/c1-15-24(19-13-18(29)8-11-22(19)34-27(15)16-5-3-2-4-6-16)28(37)33-14-17(7-12-23(35)36)25-20(30)9-10-21(31)26(25)32/h2-6,8-11,13,17H,7,12,14H2,1H3,(H,33,37)(H,35,36)/t17-/m1/s1. The molecule has 0 radical (unpaired) electrons. The smallest absolute Gasteiger partial charge is 0.303 e. The molecular formula is C28H22BrCl3N2O3. The van der Waals surface area contributed by atoms with Crippen LogP contribution in [0.2, 0.25) is 15.1 Å². The van der Waals surface area contributed by atoms with Gasteiger partial charge in [0.25, 0.3) is 5.91 Å². The van der Waals surface area contributed by atoms with Gasteiger partial charge in [-0.15, -0.1) is 0 Å². The van der Waals surface area contributed by atoms with E-state index in [9.17, 15) is 14.7 Å². The summed E-state index contributed by atoms with van der Waals surface area (Å²) in [6.07, 6.45) is 0.0916. The van der Waals surface area contributed by atoms with Crippen LogP contribution in [-0.2, 0) is 4.79 Å². The molecule has 1 atom stereocenters. The van der Waals surface area contributed by atoms with Gasteiger partial charge in [0, 0.05) is 39.3 Å². The maximum atomic E-state index is 13.7. The highest BCUT2D eigenvalue weighted by Crippen LogP contribution is 2.38. The lowest BCUT2D eigenvalue weighted by molar-refractivity contribution is -0.137. The number of nitrogens with zero attached hydrogens (tertiary/aromatic N) is 1. The van der Waals surface area contributed by atoms with E-state index in [0.717, 1.165) is 15.6 Å². The van der Waals surface area contributed by atoms with Crippen LogP contribution in [0.1, 0.15) is 40.2 Å². The lowest BCUT2D eigenvalue weighted by atomic mass is 9.93. The molecule has 0 unspecified atom stereocenters. The minimum Gasteiger partial charge on any atom is -0.481 e. The van der Waals surface area contributed by atoms with Gasteiger partial charge in [0.05, 0.1) is 26.8 Å². The molecule has 0 spiro atoms. The first-order valence-corrected chi connectivity index (χ1v) is 13.4. The summed E-state index contributed by atoms with van der Waals surface area (Å²) in [5.41, 5.74) is 4.03. The second-order valence-electron chi connectivity index (χ2n) is 8.58. The van der Waals surface area contributed by atoms with Crippen molar-refractivity contribution in [3.05, 3.63) is 96.9 Å². The van der Waals surface area contributed by atoms with E-state index in [1.54, 1.807) is 12.1 Å². The van der Waals surface area contributed by atoms with E-state index >= 15 is 0 Å². The molecule has 4 rings (SSSR count). The van der Waals surface area contributed by atoms with Gasteiger partial charge in [-0.2, -0.15) is 0 Å². The molecule has 2 N–H and O–H groups in total. The molecule has 0 saturated heterocycles. The van der Waals surface area contributed by atoms with Gasteiger partial charge in [-0.05, 0) is 54.8 Å². The molecule has 190 valence electrons. The minimum atomic E-state index is -0.959. The number of aromatic nitrogens is 1. The molecular weight excluding hydrogens is 599 g/mol. The van der Waals surface area contributed by atoms with Crippen molar-refractivity contribution in [2.45, 2.75) is 25.7 Å². The van der Waals surface area contributed by atoms with Crippen molar-refractivity contribution in [2.75, 3.05) is 6.54 Å². The summed E-state index contributed by atoms with van der Waals surface area (Å²) in [6, 6.07) is 18.5. The number of carbonyl (C=O) groups excluding carboxylic acids is 1. The van der Waals surface area contributed by atoms with E-state index in [4.69, 9.17) is 39.8 Å². The zero-order valence-corrected chi connectivity index (χ0v) is 23.5. The van der Waals surface area contributed by atoms with E-state index in [1.807, 2.05) is 55.5 Å². The Kier molecular flexibility index (Phi) is 8.75. The van der Waals surface area contributed by atoms with Crippen molar-refractivity contribution < 1.29 is 14.7 Å². The molecule has 3 aromatic carbocycles. The first-order valence-electron chi connectivity index (χ1n) is 11.5. The summed E-state index contributed by atoms with van der Waals surface area (Å²) in [4.78, 5) is 29.9. The Hall–Kier alpha value is -2.64. The SMILES string of the molecule is Cc1c(-c2ccccc2)nc2ccc(Br)cc2c1C(=O)NC[C@@H](CCC(=O)O)c1c(Cl)ccc(Cl)c1Cl. The number of carboxylic acids is 1. The number of aliphatic carboxylic acids is 1. The number of halogens is 4. The molecule has 0 fully saturated rings. The third-order valence-corrected chi connectivity index (χ3v) is 7.81. The molecule has 1 heterocycles. The van der Waals surface area contributed by atoms with Crippen molar-refractivity contribution in [2.24, 2.45) is 0 Å². The predicted molar refractivity (Wildman–Crippen MR) is 153 cm³/mol. The topological polar surface area (TPSA) is 79.3 Å². The number of amides is 1. The van der Waals surface area contributed by atoms with Gasteiger partial charge >= 0.3 is 5.97 Å². The molecule has 0 saturated carbocycles. The zero-order chi connectivity index (χ0) is 26.7. The van der Waals surface area contributed by atoms with Crippen LogP contribution in [0.5, 0.6) is 0 Å². The van der Waals surface area contributed by atoms with Crippen molar-refractivity contribution in [3.8, 4) is 11.3 Å². The van der Waals surface area contributed by atoms with Crippen LogP contribution in [0.3, 0.4) is 0 Å². The number of carbonyl (C=O) groups is 2. The Balaban J connectivity index is 1.74. The fourth-order valence-corrected chi connectivity index (χ4v) is 5.57. The van der Waals surface area contributed by atoms with Crippen LogP contribution in [0.4, 0.5) is 0 Å². The Morgan fingerprint density at radius 1 is 1.03 bits per heavy atom. The van der Waals surface area contributed by atoms with Crippen molar-refractivity contribution in [1.29, 1.82) is 0 Å². The summed E-state index contributed by atoms with van der Waals surface area (Å²) < 4.78 is 0.819. The monoisotopic (exact) mass is 618 g/mol. The maximum absolute atomic E-state index is 13.7. The lowest BCUT2D eigenvalue weighted by Crippen LogP contribution is -2.30. The van der Waals surface area contributed by atoms with Crippen molar-refractivity contribution in [3.63, 3.8) is 0 Å². The number of carboxylic acid groups (broad SMARTS) is 1. The molecule has 9 heteroatoms. The van der Waals surface area contributed by atoms with Gasteiger partial charge < -0.3 is 10.4 Å². The molecule has 0 bridgehead atoms. The lowest BCUT2D eigenvalue weighted by Gasteiger charge is -2.21. The summed E-state index contributed by atoms with van der Waals surface area (Å²) in [7, 11) is 0. The molecule has 1 amide bonds. The normalized spacial score (nSPS) is 11.9. The maximum Gasteiger partial charge on any atom is 0.303 e. The Labute approximate surface area is 237 Å². The van der Waals surface area contributed by atoms with E-state index in [0.29, 0.717) is 37.8 Å². The Morgan fingerprint density at radius 3 is 2.43 bits per heavy atom. The van der Waals surface area contributed by atoms with E-state index in [-0.39, 0.29) is 30.3 Å². The Bertz CT molecular complexity index is 1500. The molecule has 4 aromatic rings. The van der Waals surface area contributed by atoms with Gasteiger partial charge in [-0.1, -0.05) is 81.1 Å². The van der Waals surface area contributed by atoms with Crippen LogP contribution in [0, 0.1) is 6.92 Å². The van der Waals surface area contributed by atoms with Crippen molar-refractivity contribution >= 4 is 73.5 Å². The number of fused-ring (bicyclic) bond motifs is 1. The summed E-state index contributed by atoms with van der Waals surface area (Å²) in [5.74, 6) is -1.74. The molecule has 37 heavy (non-hydrogen) atoms. The Morgan fingerprint density at radius 2 is 1.73 bits per heavy atom. The third kappa shape index (κ3) is 6.10. The predicted octanol–water partition coefficient (Wildman–Crippen LogP) is 8.31. The largest absolute Gasteiger partial charge is 0.481 e. The number of nitrogens with one attached hydrogen (secondary N) is 1. The second kappa shape index (κ2) is 11.8. The van der Waals surface area contributed by atoms with Gasteiger partial charge in [0.15, 0.2) is 0 Å². The summed E-state index contributed by atoms with van der Waals surface area (Å²) in [6.45, 7) is 1.99. The highest BCUT2D eigenvalue weighted by atomic mass is 79.9. The van der Waals surface area contributed by atoms with Gasteiger partial charge in [-0.25, -0.2) is 4.98 Å². The van der Waals surface area contributed by atoms with Gasteiger partial charge in [0.1, 0.15) is 0 Å². The summed E-state index contributed by atoms with van der Waals surface area (Å²) in [5, 5.41) is 13.9. The molecule has 0 aliphatic rings. The van der Waals surface area contributed by atoms with Crippen LogP contribution < -0.4 is 5.32 Å². The second-order valence-corrected chi connectivity index (χ2v) is 10.7. The highest BCUT2D eigenvalue weighted by molar-refractivity contribution is 9.10. The molecule has 0 aliphatic carbocycles. The molecule has 5 nitrogen and oxygen atoms in total. The van der Waals surface area contributed by atoms with E-state index in [2.05, 4.69) is 21.2 Å². The quantitative estimate of drug-likeness (QED) is 0.194. The fraction of sp³-hybridized carbons (Fsp3) is 0.179. The fourth-order valence-electron chi connectivity index (χ4n) is 4.37. The van der Waals surface area contributed by atoms with Crippen LogP contribution in [0.25, 0.3) is 22.2 Å².